The van der Waals surface area contributed by atoms with Crippen LogP contribution in [0.1, 0.15) is 32.3 Å². The normalized spacial score (nSPS) is 15.5. The molecule has 2 rings (SSSR count). The number of aliphatic hydroxyl groups excluding tert-OH is 1. The number of carbonyl (C=O) groups excluding carboxylic acids is 1. The Morgan fingerprint density at radius 2 is 2.14 bits per heavy atom. The van der Waals surface area contributed by atoms with Gasteiger partial charge in [-0.05, 0) is 63.3 Å². The van der Waals surface area contributed by atoms with E-state index in [0.29, 0.717) is 12.5 Å². The van der Waals surface area contributed by atoms with Crippen LogP contribution in [0.5, 0.6) is 5.75 Å². The van der Waals surface area contributed by atoms with Crippen molar-refractivity contribution in [3.8, 4) is 5.75 Å². The minimum Gasteiger partial charge on any atom is -0.491 e. The summed E-state index contributed by atoms with van der Waals surface area (Å²) in [5.74, 6) is 1.19. The maximum Gasteiger partial charge on any atom is 0.321 e. The number of benzene rings is 1. The van der Waals surface area contributed by atoms with Gasteiger partial charge in [0.1, 0.15) is 5.75 Å². The summed E-state index contributed by atoms with van der Waals surface area (Å²) in [7, 11) is 1.70. The molecule has 1 saturated carbocycles. The third kappa shape index (κ3) is 4.63. The molecule has 1 unspecified atom stereocenters. The average molecular weight is 306 g/mol. The van der Waals surface area contributed by atoms with Crippen LogP contribution in [0.3, 0.4) is 0 Å². The van der Waals surface area contributed by atoms with Crippen molar-refractivity contribution in [3.05, 3.63) is 23.8 Å². The van der Waals surface area contributed by atoms with Crippen molar-refractivity contribution in [3.63, 3.8) is 0 Å². The second-order valence-corrected chi connectivity index (χ2v) is 6.36. The van der Waals surface area contributed by atoms with Gasteiger partial charge in [-0.15, -0.1) is 0 Å². The van der Waals surface area contributed by atoms with Gasteiger partial charge in [0.05, 0.1) is 12.2 Å². The number of rotatable bonds is 6. The summed E-state index contributed by atoms with van der Waals surface area (Å²) < 4.78 is 5.68. The second kappa shape index (κ2) is 7.01. The lowest BCUT2D eigenvalue weighted by atomic mass is 10.2. The average Bonchev–Trinajstić information content (AvgIpc) is 3.25. The molecule has 0 aliphatic heterocycles. The van der Waals surface area contributed by atoms with Gasteiger partial charge in [0, 0.05) is 19.3 Å². The lowest BCUT2D eigenvalue weighted by Gasteiger charge is -2.21. The second-order valence-electron chi connectivity index (χ2n) is 6.36. The van der Waals surface area contributed by atoms with Crippen molar-refractivity contribution in [2.24, 2.45) is 5.92 Å². The minimum absolute atomic E-state index is 0.120. The highest BCUT2D eigenvalue weighted by Gasteiger charge is 2.31. The van der Waals surface area contributed by atoms with Gasteiger partial charge in [0.25, 0.3) is 0 Å². The fraction of sp³-hybridized carbons (Fsp3) is 0.588. The van der Waals surface area contributed by atoms with Crippen molar-refractivity contribution in [2.75, 3.05) is 18.9 Å². The topological polar surface area (TPSA) is 61.8 Å². The molecule has 1 aliphatic rings. The molecule has 2 N–H and O–H groups in total. The predicted molar refractivity (Wildman–Crippen MR) is 87.3 cm³/mol. The molecule has 1 atom stereocenters. The maximum atomic E-state index is 12.1. The van der Waals surface area contributed by atoms with Gasteiger partial charge in [0.15, 0.2) is 0 Å². The Labute approximate surface area is 132 Å². The number of nitrogens with one attached hydrogen (secondary N) is 1. The van der Waals surface area contributed by atoms with Crippen molar-refractivity contribution in [1.82, 2.24) is 4.90 Å². The summed E-state index contributed by atoms with van der Waals surface area (Å²) in [5, 5.41) is 12.7. The number of amides is 2. The van der Waals surface area contributed by atoms with E-state index in [4.69, 9.17) is 4.74 Å². The summed E-state index contributed by atoms with van der Waals surface area (Å²) in [5.41, 5.74) is 1.71. The maximum absolute atomic E-state index is 12.1. The van der Waals surface area contributed by atoms with E-state index in [1.165, 1.54) is 4.90 Å². The Morgan fingerprint density at radius 3 is 2.68 bits per heavy atom. The van der Waals surface area contributed by atoms with Crippen LogP contribution < -0.4 is 10.1 Å². The molecular weight excluding hydrogens is 280 g/mol. The van der Waals surface area contributed by atoms with E-state index in [2.05, 4.69) is 5.32 Å². The van der Waals surface area contributed by atoms with E-state index < -0.39 is 6.10 Å². The van der Waals surface area contributed by atoms with E-state index in [0.717, 1.165) is 29.8 Å². The zero-order chi connectivity index (χ0) is 16.3. The van der Waals surface area contributed by atoms with Gasteiger partial charge < -0.3 is 20.1 Å². The monoisotopic (exact) mass is 306 g/mol. The first-order chi connectivity index (χ1) is 10.4. The zero-order valence-corrected chi connectivity index (χ0v) is 13.8. The van der Waals surface area contributed by atoms with Crippen molar-refractivity contribution < 1.29 is 14.6 Å². The fourth-order valence-corrected chi connectivity index (χ4v) is 2.33. The molecular formula is C17H26N2O3. The molecule has 0 aromatic heterocycles. The van der Waals surface area contributed by atoms with Crippen LogP contribution in [0.15, 0.2) is 18.2 Å². The molecule has 5 heteroatoms. The summed E-state index contributed by atoms with van der Waals surface area (Å²) in [6.45, 7) is 6.28. The smallest absolute Gasteiger partial charge is 0.321 e. The Balaban J connectivity index is 1.91. The van der Waals surface area contributed by atoms with Crippen LogP contribution >= 0.6 is 0 Å². The number of hydrogen-bond acceptors (Lipinski definition) is 3. The number of urea groups is 1. The molecule has 1 aliphatic carbocycles. The summed E-state index contributed by atoms with van der Waals surface area (Å²) in [6, 6.07) is 5.37. The fourth-order valence-electron chi connectivity index (χ4n) is 2.33. The molecule has 0 bridgehead atoms. The number of hydrogen-bond donors (Lipinski definition) is 2. The van der Waals surface area contributed by atoms with Gasteiger partial charge in [-0.1, -0.05) is 0 Å². The molecule has 1 fully saturated rings. The largest absolute Gasteiger partial charge is 0.491 e. The van der Waals surface area contributed by atoms with Gasteiger partial charge in [-0.2, -0.15) is 0 Å². The van der Waals surface area contributed by atoms with Crippen LogP contribution in [0.25, 0.3) is 0 Å². The number of carbonyl (C=O) groups is 1. The van der Waals surface area contributed by atoms with Gasteiger partial charge in [-0.3, -0.25) is 0 Å². The van der Waals surface area contributed by atoms with E-state index in [9.17, 15) is 9.90 Å². The molecule has 0 radical (unpaired) electrons. The third-order valence-corrected chi connectivity index (χ3v) is 3.76. The van der Waals surface area contributed by atoms with E-state index in [-0.39, 0.29) is 12.1 Å². The molecule has 1 aromatic carbocycles. The highest BCUT2D eigenvalue weighted by atomic mass is 16.5. The van der Waals surface area contributed by atoms with Gasteiger partial charge in [-0.25, -0.2) is 4.79 Å². The quantitative estimate of drug-likeness (QED) is 0.849. The molecule has 0 saturated heterocycles. The van der Waals surface area contributed by atoms with Crippen LogP contribution in [0.4, 0.5) is 10.5 Å². The van der Waals surface area contributed by atoms with Gasteiger partial charge in [0.2, 0.25) is 0 Å². The number of aryl methyl sites for hydroxylation is 1. The third-order valence-electron chi connectivity index (χ3n) is 3.76. The van der Waals surface area contributed by atoms with E-state index >= 15 is 0 Å². The molecule has 22 heavy (non-hydrogen) atoms. The molecule has 122 valence electrons. The summed E-state index contributed by atoms with van der Waals surface area (Å²) in [6.07, 6.45) is 1.83. The Morgan fingerprint density at radius 1 is 1.45 bits per heavy atom. The summed E-state index contributed by atoms with van der Waals surface area (Å²) >= 11 is 0. The summed E-state index contributed by atoms with van der Waals surface area (Å²) in [4.78, 5) is 13.7. The van der Waals surface area contributed by atoms with Gasteiger partial charge >= 0.3 is 6.03 Å². The molecule has 5 nitrogen and oxygen atoms in total. The van der Waals surface area contributed by atoms with Crippen LogP contribution in [-0.4, -0.2) is 41.8 Å². The van der Waals surface area contributed by atoms with Crippen LogP contribution in [0, 0.1) is 12.8 Å². The standard InChI is InChI=1S/C17H26N2O3/c1-11(2)22-16-8-7-14(9-12(16)3)18-17(21)19(4)10-15(20)13-5-6-13/h7-9,11,13,15,20H,5-6,10H2,1-4H3,(H,18,21). The number of aliphatic hydroxyl groups is 1. The molecule has 2 amide bonds. The zero-order valence-electron chi connectivity index (χ0n) is 13.8. The number of ether oxygens (including phenoxy) is 1. The SMILES string of the molecule is Cc1cc(NC(=O)N(C)CC(O)C2CC2)ccc1OC(C)C. The molecule has 1 aromatic rings. The Kier molecular flexibility index (Phi) is 5.29. The van der Waals surface area contributed by atoms with Crippen LogP contribution in [0.2, 0.25) is 0 Å². The predicted octanol–water partition coefficient (Wildman–Crippen LogP) is 3.02. The molecule has 0 spiro atoms. The number of nitrogens with zero attached hydrogens (tertiary/aromatic N) is 1. The highest BCUT2D eigenvalue weighted by Crippen LogP contribution is 2.32. The number of anilines is 1. The molecule has 0 heterocycles. The minimum atomic E-state index is -0.417. The van der Waals surface area contributed by atoms with E-state index in [1.54, 1.807) is 7.05 Å². The van der Waals surface area contributed by atoms with Crippen molar-refractivity contribution in [1.29, 1.82) is 0 Å². The Bertz CT molecular complexity index is 527. The lowest BCUT2D eigenvalue weighted by molar-refractivity contribution is 0.117. The van der Waals surface area contributed by atoms with E-state index in [1.807, 2.05) is 39.0 Å². The highest BCUT2D eigenvalue weighted by molar-refractivity contribution is 5.89. The Hall–Kier alpha value is -1.75. The van der Waals surface area contributed by atoms with Crippen molar-refractivity contribution >= 4 is 11.7 Å². The van der Waals surface area contributed by atoms with Crippen molar-refractivity contribution in [2.45, 2.75) is 45.8 Å². The lowest BCUT2D eigenvalue weighted by Crippen LogP contribution is -2.38. The first-order valence-corrected chi connectivity index (χ1v) is 7.84. The first-order valence-electron chi connectivity index (χ1n) is 7.84. The van der Waals surface area contributed by atoms with Crippen LogP contribution in [-0.2, 0) is 0 Å². The first kappa shape index (κ1) is 16.6. The number of likely N-dealkylation sites (N-methyl/N-ethyl adjacent to an activating group) is 1.